The summed E-state index contributed by atoms with van der Waals surface area (Å²) in [5.41, 5.74) is 5.66. The minimum atomic E-state index is -1.44. The van der Waals surface area contributed by atoms with Gasteiger partial charge in [-0.25, -0.2) is 13.8 Å². The molecule has 1 aliphatic rings. The van der Waals surface area contributed by atoms with Crippen molar-refractivity contribution in [3.05, 3.63) is 84.9 Å². The van der Waals surface area contributed by atoms with Crippen molar-refractivity contribution in [2.75, 3.05) is 23.7 Å². The van der Waals surface area contributed by atoms with E-state index in [1.165, 1.54) is 16.7 Å². The number of pyridine rings is 3. The molecule has 0 spiro atoms. The van der Waals surface area contributed by atoms with Crippen LogP contribution in [0.5, 0.6) is 0 Å². The van der Waals surface area contributed by atoms with E-state index in [2.05, 4.69) is 17.6 Å². The molecule has 244 valence electrons. The van der Waals surface area contributed by atoms with Gasteiger partial charge in [0, 0.05) is 42.3 Å². The van der Waals surface area contributed by atoms with Gasteiger partial charge in [0.1, 0.15) is 17.3 Å². The lowest BCUT2D eigenvalue weighted by Gasteiger charge is -2.45. The Morgan fingerprint density at radius 3 is 2.36 bits per heavy atom. The summed E-state index contributed by atoms with van der Waals surface area (Å²) in [4.78, 5) is 40.0. The molecule has 3 aromatic heterocycles. The van der Waals surface area contributed by atoms with Crippen LogP contribution in [-0.2, 0) is 4.79 Å². The van der Waals surface area contributed by atoms with Gasteiger partial charge in [-0.1, -0.05) is 55.2 Å². The Labute approximate surface area is 284 Å². The molecule has 2 atom stereocenters. The number of nitrogens with zero attached hydrogens (tertiary/aromatic N) is 6. The number of benzene rings is 1. The van der Waals surface area contributed by atoms with Crippen LogP contribution >= 0.6 is 34.8 Å². The largest absolute Gasteiger partial charge is 0.395 e. The quantitative estimate of drug-likeness (QED) is 0.101. The maximum atomic E-state index is 14.9. The van der Waals surface area contributed by atoms with E-state index < -0.39 is 32.9 Å². The van der Waals surface area contributed by atoms with Crippen LogP contribution < -0.4 is 16.2 Å². The molecule has 1 saturated heterocycles. The average Bonchev–Trinajstić information content (AvgIpc) is 3.02. The second-order valence-electron chi connectivity index (χ2n) is 11.8. The van der Waals surface area contributed by atoms with Crippen molar-refractivity contribution in [1.82, 2.24) is 19.4 Å². The molecule has 0 saturated carbocycles. The van der Waals surface area contributed by atoms with Gasteiger partial charge in [0.25, 0.3) is 5.56 Å². The first kappa shape index (κ1) is 34.1. The number of aromatic nitrogens is 3. The highest BCUT2D eigenvalue weighted by Gasteiger charge is 2.36. The molecule has 1 aromatic carbocycles. The summed E-state index contributed by atoms with van der Waals surface area (Å²) in [6, 6.07) is 4.65. The average molecular weight is 701 g/mol. The smallest absolute Gasteiger partial charge is 0.276 e. The van der Waals surface area contributed by atoms with Gasteiger partial charge in [0.2, 0.25) is 5.91 Å². The molecule has 0 unspecified atom stereocenters. The van der Waals surface area contributed by atoms with Crippen LogP contribution in [0.15, 0.2) is 35.8 Å². The Kier molecular flexibility index (Phi) is 9.25. The third-order valence-electron chi connectivity index (χ3n) is 8.31. The van der Waals surface area contributed by atoms with Crippen LogP contribution in [0.1, 0.15) is 50.4 Å². The van der Waals surface area contributed by atoms with Gasteiger partial charge >= 0.3 is 0 Å². The number of nitrogens with two attached hydrogens (primary N) is 1. The van der Waals surface area contributed by atoms with Crippen LogP contribution in [0.4, 0.5) is 20.2 Å². The summed E-state index contributed by atoms with van der Waals surface area (Å²) in [6.07, 6.45) is 2.86. The monoisotopic (exact) mass is 699 g/mol. The number of amides is 1. The fraction of sp³-hybridized carbons (Fsp3) is 0.303. The highest BCUT2D eigenvalue weighted by Crippen LogP contribution is 2.45. The second-order valence-corrected chi connectivity index (χ2v) is 12.9. The maximum absolute atomic E-state index is 14.9. The molecule has 5 rings (SSSR count). The highest BCUT2D eigenvalue weighted by atomic mass is 35.5. The topological polar surface area (TPSA) is 121 Å². The molecule has 47 heavy (non-hydrogen) atoms. The lowest BCUT2D eigenvalue weighted by Crippen LogP contribution is -2.58. The molecule has 1 aliphatic heterocycles. The SMILES string of the molecule is C=CC(=O)N1[C@H](C)CN(c2c(C#N)c(=O)n(-c3c(C)ccnc3C(C)C)c3nc(-c4c(Cl)c(N)c(F)c(F)c4Cl)c(Cl)cc23)C[C@@H]1C. The second kappa shape index (κ2) is 12.8. The van der Waals surface area contributed by atoms with Crippen molar-refractivity contribution in [3.8, 4) is 23.0 Å². The predicted octanol–water partition coefficient (Wildman–Crippen LogP) is 7.18. The van der Waals surface area contributed by atoms with Gasteiger partial charge in [-0.3, -0.25) is 19.1 Å². The number of aryl methyl sites for hydroxylation is 1. The molecule has 4 aromatic rings. The first-order valence-electron chi connectivity index (χ1n) is 14.6. The van der Waals surface area contributed by atoms with E-state index in [0.717, 1.165) is 0 Å². The Morgan fingerprint density at radius 1 is 1.15 bits per heavy atom. The molecule has 0 bridgehead atoms. The summed E-state index contributed by atoms with van der Waals surface area (Å²) < 4.78 is 30.7. The van der Waals surface area contributed by atoms with E-state index in [4.69, 9.17) is 45.5 Å². The molecule has 0 radical (unpaired) electrons. The summed E-state index contributed by atoms with van der Waals surface area (Å²) >= 11 is 19.5. The zero-order valence-electron chi connectivity index (χ0n) is 26.1. The maximum Gasteiger partial charge on any atom is 0.276 e. The fourth-order valence-corrected chi connectivity index (χ4v) is 7.10. The molecule has 1 amide bonds. The van der Waals surface area contributed by atoms with E-state index >= 15 is 0 Å². The first-order chi connectivity index (χ1) is 22.2. The Morgan fingerprint density at radius 2 is 1.79 bits per heavy atom. The zero-order valence-corrected chi connectivity index (χ0v) is 28.4. The van der Waals surface area contributed by atoms with Gasteiger partial charge in [-0.15, -0.1) is 0 Å². The molecule has 1 fully saturated rings. The van der Waals surface area contributed by atoms with E-state index in [1.807, 2.05) is 32.6 Å². The number of carbonyl (C=O) groups excluding carboxylic acids is 1. The molecule has 0 aliphatic carbocycles. The number of hydrogen-bond donors (Lipinski definition) is 1. The summed E-state index contributed by atoms with van der Waals surface area (Å²) in [7, 11) is 0. The zero-order chi connectivity index (χ0) is 34.6. The molecular formula is C33H30Cl3F2N7O2. The third-order valence-corrected chi connectivity index (χ3v) is 9.35. The van der Waals surface area contributed by atoms with Gasteiger partial charge in [-0.2, -0.15) is 5.26 Å². The number of anilines is 2. The van der Waals surface area contributed by atoms with Crippen molar-refractivity contribution < 1.29 is 13.6 Å². The van der Waals surface area contributed by atoms with Crippen LogP contribution in [-0.4, -0.2) is 50.5 Å². The number of hydrogen-bond acceptors (Lipinski definition) is 7. The molecule has 9 nitrogen and oxygen atoms in total. The van der Waals surface area contributed by atoms with Crippen molar-refractivity contribution in [2.24, 2.45) is 0 Å². The van der Waals surface area contributed by atoms with Crippen molar-refractivity contribution in [1.29, 1.82) is 5.26 Å². The van der Waals surface area contributed by atoms with Gasteiger partial charge < -0.3 is 15.5 Å². The number of piperazine rings is 1. The van der Waals surface area contributed by atoms with Crippen molar-refractivity contribution in [3.63, 3.8) is 0 Å². The van der Waals surface area contributed by atoms with E-state index in [-0.39, 0.29) is 70.2 Å². The normalized spacial score (nSPS) is 16.6. The lowest BCUT2D eigenvalue weighted by molar-refractivity contribution is -0.130. The molecule has 14 heteroatoms. The third kappa shape index (κ3) is 5.48. The van der Waals surface area contributed by atoms with Gasteiger partial charge in [-0.05, 0) is 50.5 Å². The summed E-state index contributed by atoms with van der Waals surface area (Å²) in [5.74, 6) is -3.27. The van der Waals surface area contributed by atoms with E-state index in [9.17, 15) is 23.6 Å². The summed E-state index contributed by atoms with van der Waals surface area (Å²) in [6.45, 7) is 13.4. The minimum absolute atomic E-state index is 0.0294. The lowest BCUT2D eigenvalue weighted by atomic mass is 10.0. The standard InChI is InChI=1S/C33H30Cl3F2N7O2/c1-7-21(46)44-16(5)12-43(13-17(44)6)31-18-10-20(34)29(22-23(35)25(37)26(38)27(40)24(22)36)42-32(18)45(33(47)19(31)11-39)30-15(4)8-9-41-28(30)14(2)3/h7-10,14,16-17H,1,12-13,40H2,2-6H3/t16-,17+. The number of carbonyl (C=O) groups is 1. The Balaban J connectivity index is 1.95. The van der Waals surface area contributed by atoms with Crippen molar-refractivity contribution >= 4 is 63.1 Å². The number of fused-ring (bicyclic) bond motifs is 1. The minimum Gasteiger partial charge on any atom is -0.395 e. The van der Waals surface area contributed by atoms with Crippen LogP contribution in [0.25, 0.3) is 28.0 Å². The number of halogens is 5. The Bertz CT molecular complexity index is 2050. The molecule has 4 heterocycles. The van der Waals surface area contributed by atoms with Crippen LogP contribution in [0.2, 0.25) is 15.1 Å². The molecule has 2 N–H and O–H groups in total. The highest BCUT2D eigenvalue weighted by molar-refractivity contribution is 6.42. The number of nitrogen functional groups attached to an aromatic ring is 1. The van der Waals surface area contributed by atoms with E-state index in [1.54, 1.807) is 24.1 Å². The Hall–Kier alpha value is -4.24. The van der Waals surface area contributed by atoms with Gasteiger partial charge in [0.05, 0.1) is 43.5 Å². The fourth-order valence-electron chi connectivity index (χ4n) is 6.27. The number of nitriles is 1. The van der Waals surface area contributed by atoms with Crippen LogP contribution in [0.3, 0.4) is 0 Å². The summed E-state index contributed by atoms with van der Waals surface area (Å²) in [5, 5.41) is 9.61. The molecular weight excluding hydrogens is 671 g/mol. The van der Waals surface area contributed by atoms with Crippen molar-refractivity contribution in [2.45, 2.75) is 52.6 Å². The number of rotatable bonds is 5. The van der Waals surface area contributed by atoms with Gasteiger partial charge in [0.15, 0.2) is 11.6 Å². The van der Waals surface area contributed by atoms with E-state index in [0.29, 0.717) is 22.3 Å². The van der Waals surface area contributed by atoms with Crippen LogP contribution in [0, 0.1) is 29.9 Å². The first-order valence-corrected chi connectivity index (χ1v) is 15.8. The predicted molar refractivity (Wildman–Crippen MR) is 182 cm³/mol.